The average Bonchev–Trinajstić information content (AvgIpc) is 3.07. The van der Waals surface area contributed by atoms with Gasteiger partial charge in [-0.2, -0.15) is 0 Å². The van der Waals surface area contributed by atoms with Crippen molar-refractivity contribution in [2.75, 3.05) is 0 Å². The molecule has 4 saturated carbocycles. The van der Waals surface area contributed by atoms with E-state index in [1.54, 1.807) is 6.42 Å². The number of ketones is 1. The minimum absolute atomic E-state index is 0.226. The highest BCUT2D eigenvalue weighted by molar-refractivity contribution is 6.00. The van der Waals surface area contributed by atoms with Gasteiger partial charge in [0.1, 0.15) is 0 Å². The molecule has 0 N–H and O–H groups in total. The van der Waals surface area contributed by atoms with Crippen LogP contribution >= 0.6 is 0 Å². The maximum atomic E-state index is 11.6. The molecule has 7 unspecified atom stereocenters. The molecule has 5 aliphatic rings. The van der Waals surface area contributed by atoms with Crippen molar-refractivity contribution in [2.24, 2.45) is 41.4 Å². The van der Waals surface area contributed by atoms with Crippen LogP contribution in [0.15, 0.2) is 23.8 Å². The Kier molecular flexibility index (Phi) is 2.76. The number of rotatable bonds is 0. The second-order valence-electron chi connectivity index (χ2n) is 8.37. The summed E-state index contributed by atoms with van der Waals surface area (Å²) in [5.74, 6) is 6.94. The van der Waals surface area contributed by atoms with Crippen LogP contribution in [0.5, 0.6) is 0 Å². The van der Waals surface area contributed by atoms with Crippen molar-refractivity contribution in [1.29, 1.82) is 0 Å². The SMILES string of the molecule is O=C1C=CC2C(=C1)CCC1C2CCC2C3CCCC3CC21. The van der Waals surface area contributed by atoms with E-state index in [1.165, 1.54) is 50.5 Å². The molecule has 112 valence electrons. The van der Waals surface area contributed by atoms with Gasteiger partial charge in [-0.1, -0.05) is 24.5 Å². The molecule has 0 saturated heterocycles. The number of carbonyl (C=O) groups is 1. The number of carbonyl (C=O) groups excluding carboxylic acids is 1. The quantitative estimate of drug-likeness (QED) is 0.637. The lowest BCUT2D eigenvalue weighted by molar-refractivity contribution is -0.110. The molecule has 5 aliphatic carbocycles. The molecule has 0 radical (unpaired) electrons. The molecule has 21 heavy (non-hydrogen) atoms. The van der Waals surface area contributed by atoms with Gasteiger partial charge in [-0.15, -0.1) is 0 Å². The van der Waals surface area contributed by atoms with Crippen LogP contribution in [-0.4, -0.2) is 5.78 Å². The summed E-state index contributed by atoms with van der Waals surface area (Å²) in [6.45, 7) is 0. The fourth-order valence-corrected chi connectivity index (χ4v) is 7.11. The summed E-state index contributed by atoms with van der Waals surface area (Å²) in [4.78, 5) is 11.6. The first-order chi connectivity index (χ1) is 10.3. The predicted molar refractivity (Wildman–Crippen MR) is 83.6 cm³/mol. The van der Waals surface area contributed by atoms with Gasteiger partial charge in [-0.25, -0.2) is 0 Å². The summed E-state index contributed by atoms with van der Waals surface area (Å²) in [6.07, 6.45) is 17.6. The molecule has 0 bridgehead atoms. The number of allylic oxidation sites excluding steroid dienone is 4. The molecule has 4 fully saturated rings. The van der Waals surface area contributed by atoms with E-state index in [9.17, 15) is 4.79 Å². The van der Waals surface area contributed by atoms with Crippen LogP contribution in [0.3, 0.4) is 0 Å². The van der Waals surface area contributed by atoms with E-state index >= 15 is 0 Å². The van der Waals surface area contributed by atoms with Crippen LogP contribution in [0, 0.1) is 41.4 Å². The van der Waals surface area contributed by atoms with Gasteiger partial charge >= 0.3 is 0 Å². The molecule has 0 amide bonds. The second-order valence-corrected chi connectivity index (χ2v) is 8.37. The Bertz CT molecular complexity index is 528. The molecule has 0 aromatic carbocycles. The van der Waals surface area contributed by atoms with Gasteiger partial charge in [0.05, 0.1) is 0 Å². The standard InChI is InChI=1S/C20H26O/c21-14-5-7-16-13(10-14)4-6-19-17(16)8-9-18-15-3-1-2-12(15)11-20(18)19/h5,7,10,12,15-20H,1-4,6,8-9,11H2. The van der Waals surface area contributed by atoms with Crippen molar-refractivity contribution < 1.29 is 4.79 Å². The van der Waals surface area contributed by atoms with E-state index in [-0.39, 0.29) is 5.78 Å². The van der Waals surface area contributed by atoms with E-state index in [4.69, 9.17) is 0 Å². The van der Waals surface area contributed by atoms with Crippen LogP contribution in [0.25, 0.3) is 0 Å². The zero-order chi connectivity index (χ0) is 14.0. The molecule has 0 heterocycles. The fourth-order valence-electron chi connectivity index (χ4n) is 7.11. The number of hydrogen-bond donors (Lipinski definition) is 0. The highest BCUT2D eigenvalue weighted by Gasteiger charge is 2.53. The first-order valence-corrected chi connectivity index (χ1v) is 9.24. The van der Waals surface area contributed by atoms with Crippen molar-refractivity contribution in [3.8, 4) is 0 Å². The average molecular weight is 282 g/mol. The molecule has 0 aromatic heterocycles. The molecule has 1 nitrogen and oxygen atoms in total. The van der Waals surface area contributed by atoms with Crippen molar-refractivity contribution in [3.63, 3.8) is 0 Å². The molecular formula is C20H26O. The van der Waals surface area contributed by atoms with Crippen molar-refractivity contribution >= 4 is 5.78 Å². The first-order valence-electron chi connectivity index (χ1n) is 9.24. The van der Waals surface area contributed by atoms with Gasteiger partial charge in [0.25, 0.3) is 0 Å². The zero-order valence-electron chi connectivity index (χ0n) is 12.8. The van der Waals surface area contributed by atoms with Crippen LogP contribution in [0.1, 0.15) is 51.4 Å². The summed E-state index contributed by atoms with van der Waals surface area (Å²) in [6, 6.07) is 0. The topological polar surface area (TPSA) is 17.1 Å². The van der Waals surface area contributed by atoms with Gasteiger partial charge in [0.2, 0.25) is 0 Å². The lowest BCUT2D eigenvalue weighted by Gasteiger charge is -2.48. The lowest BCUT2D eigenvalue weighted by Crippen LogP contribution is -2.40. The summed E-state index contributed by atoms with van der Waals surface area (Å²) in [5.41, 5.74) is 1.46. The van der Waals surface area contributed by atoms with Gasteiger partial charge in [-0.3, -0.25) is 4.79 Å². The maximum absolute atomic E-state index is 11.6. The van der Waals surface area contributed by atoms with Crippen LogP contribution in [-0.2, 0) is 4.79 Å². The molecule has 7 atom stereocenters. The van der Waals surface area contributed by atoms with Crippen molar-refractivity contribution in [3.05, 3.63) is 23.8 Å². The van der Waals surface area contributed by atoms with E-state index in [0.29, 0.717) is 5.92 Å². The van der Waals surface area contributed by atoms with E-state index in [1.807, 2.05) is 12.2 Å². The van der Waals surface area contributed by atoms with Crippen LogP contribution in [0.2, 0.25) is 0 Å². The molecule has 0 spiro atoms. The van der Waals surface area contributed by atoms with Gasteiger partial charge in [-0.05, 0) is 86.2 Å². The Labute approximate surface area is 127 Å². The third-order valence-corrected chi connectivity index (χ3v) is 7.78. The Hall–Kier alpha value is -0.850. The summed E-state index contributed by atoms with van der Waals surface area (Å²) in [7, 11) is 0. The van der Waals surface area contributed by atoms with Gasteiger partial charge in [0, 0.05) is 5.92 Å². The molecule has 0 aliphatic heterocycles. The van der Waals surface area contributed by atoms with Crippen molar-refractivity contribution in [2.45, 2.75) is 51.4 Å². The molecule has 5 rings (SSSR count). The maximum Gasteiger partial charge on any atom is 0.178 e. The predicted octanol–water partition coefficient (Wildman–Crippen LogP) is 4.54. The van der Waals surface area contributed by atoms with E-state index < -0.39 is 0 Å². The van der Waals surface area contributed by atoms with Crippen molar-refractivity contribution in [1.82, 2.24) is 0 Å². The number of fused-ring (bicyclic) bond motifs is 7. The van der Waals surface area contributed by atoms with E-state index in [0.717, 1.165) is 35.5 Å². The van der Waals surface area contributed by atoms with Gasteiger partial charge in [0.15, 0.2) is 5.78 Å². The monoisotopic (exact) mass is 282 g/mol. The highest BCUT2D eigenvalue weighted by atomic mass is 16.1. The lowest BCUT2D eigenvalue weighted by atomic mass is 9.56. The summed E-state index contributed by atoms with van der Waals surface area (Å²) >= 11 is 0. The molecule has 1 heteroatoms. The largest absolute Gasteiger partial charge is 0.290 e. The second kappa shape index (κ2) is 4.57. The minimum Gasteiger partial charge on any atom is -0.290 e. The van der Waals surface area contributed by atoms with Crippen LogP contribution in [0.4, 0.5) is 0 Å². The Morgan fingerprint density at radius 3 is 2.67 bits per heavy atom. The van der Waals surface area contributed by atoms with Crippen LogP contribution < -0.4 is 0 Å². The minimum atomic E-state index is 0.226. The fraction of sp³-hybridized carbons (Fsp3) is 0.750. The summed E-state index contributed by atoms with van der Waals surface area (Å²) < 4.78 is 0. The molecular weight excluding hydrogens is 256 g/mol. The van der Waals surface area contributed by atoms with E-state index in [2.05, 4.69) is 6.08 Å². The smallest absolute Gasteiger partial charge is 0.178 e. The molecule has 0 aromatic rings. The Morgan fingerprint density at radius 1 is 0.857 bits per heavy atom. The zero-order valence-corrected chi connectivity index (χ0v) is 12.8. The Morgan fingerprint density at radius 2 is 1.71 bits per heavy atom. The normalized spacial score (nSPS) is 51.0. The third-order valence-electron chi connectivity index (χ3n) is 7.78. The Balaban J connectivity index is 1.43. The number of hydrogen-bond acceptors (Lipinski definition) is 1. The van der Waals surface area contributed by atoms with Gasteiger partial charge < -0.3 is 0 Å². The highest BCUT2D eigenvalue weighted by Crippen LogP contribution is 2.61. The third kappa shape index (κ3) is 1.79. The first kappa shape index (κ1) is 12.7. The summed E-state index contributed by atoms with van der Waals surface area (Å²) in [5, 5.41) is 0.